The lowest BCUT2D eigenvalue weighted by atomic mass is 10.2. The number of hydrogen-bond donors (Lipinski definition) is 0. The molecule has 0 bridgehead atoms. The Bertz CT molecular complexity index is 651. The van der Waals surface area contributed by atoms with Crippen molar-refractivity contribution < 1.29 is 4.39 Å². The number of aromatic nitrogens is 2. The average molecular weight is 340 g/mol. The largest absolute Gasteiger partial charge is 0.373 e. The molecule has 0 amide bonds. The van der Waals surface area contributed by atoms with E-state index in [2.05, 4.69) is 21.0 Å². The molecule has 2 rings (SSSR count). The fraction of sp³-hybridized carbons (Fsp3) is 0.286. The molecule has 0 N–H and O–H groups in total. The minimum atomic E-state index is -0.343. The highest BCUT2D eigenvalue weighted by Crippen LogP contribution is 2.15. The van der Waals surface area contributed by atoms with Gasteiger partial charge in [-0.1, -0.05) is 15.9 Å². The molecule has 0 radical (unpaired) electrons. The molecule has 0 fully saturated rings. The van der Waals surface area contributed by atoms with E-state index in [-0.39, 0.29) is 17.9 Å². The summed E-state index contributed by atoms with van der Waals surface area (Å²) in [6, 6.07) is 6.07. The third kappa shape index (κ3) is 3.45. The zero-order valence-corrected chi connectivity index (χ0v) is 12.9. The minimum absolute atomic E-state index is 0.205. The fourth-order valence-electron chi connectivity index (χ4n) is 1.81. The highest BCUT2D eigenvalue weighted by molar-refractivity contribution is 9.10. The van der Waals surface area contributed by atoms with Gasteiger partial charge in [-0.25, -0.2) is 9.07 Å². The summed E-state index contributed by atoms with van der Waals surface area (Å²) in [6.07, 6.45) is 1.64. The quantitative estimate of drug-likeness (QED) is 0.859. The van der Waals surface area contributed by atoms with Gasteiger partial charge in [-0.15, -0.1) is 0 Å². The lowest BCUT2D eigenvalue weighted by Gasteiger charge is -2.16. The number of benzene rings is 1. The minimum Gasteiger partial charge on any atom is -0.373 e. The van der Waals surface area contributed by atoms with E-state index in [1.165, 1.54) is 22.9 Å². The number of nitrogens with zero attached hydrogens (tertiary/aromatic N) is 3. The Balaban J connectivity index is 2.28. The van der Waals surface area contributed by atoms with Crippen molar-refractivity contribution >= 4 is 21.6 Å². The van der Waals surface area contributed by atoms with Crippen LogP contribution in [0.3, 0.4) is 0 Å². The molecule has 0 saturated carbocycles. The van der Waals surface area contributed by atoms with E-state index < -0.39 is 0 Å². The van der Waals surface area contributed by atoms with Crippen molar-refractivity contribution in [3.8, 4) is 0 Å². The second-order valence-electron chi connectivity index (χ2n) is 4.50. The normalized spacial score (nSPS) is 10.6. The van der Waals surface area contributed by atoms with Gasteiger partial charge in [-0.3, -0.25) is 4.79 Å². The van der Waals surface area contributed by atoms with Crippen LogP contribution in [0, 0.1) is 5.82 Å². The van der Waals surface area contributed by atoms with Gasteiger partial charge < -0.3 is 4.90 Å². The summed E-state index contributed by atoms with van der Waals surface area (Å²) in [5, 5.41) is 4.13. The predicted octanol–water partition coefficient (Wildman–Crippen LogP) is 2.65. The van der Waals surface area contributed by atoms with Crippen LogP contribution >= 0.6 is 15.9 Å². The Morgan fingerprint density at radius 1 is 1.35 bits per heavy atom. The number of rotatable bonds is 4. The van der Waals surface area contributed by atoms with Gasteiger partial charge in [0.15, 0.2) is 0 Å². The standard InChI is InChI=1S/C14H15BrFN3O/c1-3-18(2)13-7-14(20)19(17-8-13)9-10-4-11(15)6-12(16)5-10/h4-8H,3,9H2,1-2H3. The molecular weight excluding hydrogens is 325 g/mol. The molecule has 0 atom stereocenters. The summed E-state index contributed by atoms with van der Waals surface area (Å²) in [5.74, 6) is -0.343. The molecule has 0 aliphatic heterocycles. The van der Waals surface area contributed by atoms with Crippen LogP contribution in [0.2, 0.25) is 0 Å². The average Bonchev–Trinajstić information content (AvgIpc) is 2.39. The molecular formula is C14H15BrFN3O. The van der Waals surface area contributed by atoms with Gasteiger partial charge in [0.25, 0.3) is 5.56 Å². The Kier molecular flexibility index (Phi) is 4.54. The van der Waals surface area contributed by atoms with E-state index in [1.54, 1.807) is 12.3 Å². The van der Waals surface area contributed by atoms with Crippen LogP contribution in [0.4, 0.5) is 10.1 Å². The molecule has 2 aromatic rings. The molecule has 0 aliphatic rings. The summed E-state index contributed by atoms with van der Waals surface area (Å²) in [5.41, 5.74) is 1.25. The molecule has 0 aliphatic carbocycles. The topological polar surface area (TPSA) is 38.1 Å². The van der Waals surface area contributed by atoms with Crippen LogP contribution in [0.25, 0.3) is 0 Å². The maximum Gasteiger partial charge on any atom is 0.269 e. The van der Waals surface area contributed by atoms with Crippen molar-refractivity contribution in [2.75, 3.05) is 18.5 Å². The predicted molar refractivity (Wildman–Crippen MR) is 80.6 cm³/mol. The van der Waals surface area contributed by atoms with Gasteiger partial charge in [0.1, 0.15) is 5.82 Å². The van der Waals surface area contributed by atoms with Crippen LogP contribution < -0.4 is 10.5 Å². The summed E-state index contributed by atoms with van der Waals surface area (Å²) in [7, 11) is 1.89. The molecule has 0 spiro atoms. The van der Waals surface area contributed by atoms with Crippen LogP contribution in [-0.4, -0.2) is 23.4 Å². The number of hydrogen-bond acceptors (Lipinski definition) is 3. The first-order chi connectivity index (χ1) is 9.49. The molecule has 1 aromatic carbocycles. The molecule has 1 heterocycles. The van der Waals surface area contributed by atoms with Crippen molar-refractivity contribution in [2.24, 2.45) is 0 Å². The third-order valence-electron chi connectivity index (χ3n) is 3.02. The Labute approximate surface area is 125 Å². The van der Waals surface area contributed by atoms with Crippen LogP contribution in [0.15, 0.2) is 39.7 Å². The summed E-state index contributed by atoms with van der Waals surface area (Å²) in [4.78, 5) is 13.9. The second kappa shape index (κ2) is 6.17. The summed E-state index contributed by atoms with van der Waals surface area (Å²) < 4.78 is 15.3. The van der Waals surface area contributed by atoms with E-state index in [0.29, 0.717) is 10.0 Å². The molecule has 0 saturated heterocycles. The smallest absolute Gasteiger partial charge is 0.269 e. The van der Waals surface area contributed by atoms with Gasteiger partial charge in [-0.05, 0) is 30.7 Å². The maximum absolute atomic E-state index is 13.3. The van der Waals surface area contributed by atoms with Gasteiger partial charge >= 0.3 is 0 Å². The highest BCUT2D eigenvalue weighted by atomic mass is 79.9. The summed E-state index contributed by atoms with van der Waals surface area (Å²) in [6.45, 7) is 3.03. The zero-order valence-electron chi connectivity index (χ0n) is 11.3. The first kappa shape index (κ1) is 14.7. The zero-order chi connectivity index (χ0) is 14.7. The molecule has 106 valence electrons. The number of halogens is 2. The second-order valence-corrected chi connectivity index (χ2v) is 5.42. The van der Waals surface area contributed by atoms with Gasteiger partial charge in [0.05, 0.1) is 18.4 Å². The molecule has 20 heavy (non-hydrogen) atoms. The van der Waals surface area contributed by atoms with Crippen molar-refractivity contribution in [3.63, 3.8) is 0 Å². The lowest BCUT2D eigenvalue weighted by Crippen LogP contribution is -2.26. The Morgan fingerprint density at radius 3 is 2.70 bits per heavy atom. The van der Waals surface area contributed by atoms with Gasteiger partial charge in [0, 0.05) is 24.1 Å². The van der Waals surface area contributed by atoms with E-state index in [1.807, 2.05) is 18.9 Å². The van der Waals surface area contributed by atoms with E-state index >= 15 is 0 Å². The molecule has 1 aromatic heterocycles. The molecule has 6 heteroatoms. The monoisotopic (exact) mass is 339 g/mol. The molecule has 4 nitrogen and oxygen atoms in total. The number of anilines is 1. The first-order valence-electron chi connectivity index (χ1n) is 6.23. The molecule has 0 unspecified atom stereocenters. The van der Waals surface area contributed by atoms with E-state index in [9.17, 15) is 9.18 Å². The summed E-state index contributed by atoms with van der Waals surface area (Å²) >= 11 is 3.23. The van der Waals surface area contributed by atoms with Crippen molar-refractivity contribution in [2.45, 2.75) is 13.5 Å². The van der Waals surface area contributed by atoms with E-state index in [4.69, 9.17) is 0 Å². The Hall–Kier alpha value is -1.69. The Morgan fingerprint density at radius 2 is 2.10 bits per heavy atom. The van der Waals surface area contributed by atoms with Crippen LogP contribution in [0.1, 0.15) is 12.5 Å². The van der Waals surface area contributed by atoms with Crippen LogP contribution in [0.5, 0.6) is 0 Å². The maximum atomic E-state index is 13.3. The lowest BCUT2D eigenvalue weighted by molar-refractivity contribution is 0.609. The van der Waals surface area contributed by atoms with Crippen molar-refractivity contribution in [3.05, 3.63) is 56.7 Å². The van der Waals surface area contributed by atoms with Crippen LogP contribution in [-0.2, 0) is 6.54 Å². The SMILES string of the molecule is CCN(C)c1cnn(Cc2cc(F)cc(Br)c2)c(=O)c1. The third-order valence-corrected chi connectivity index (χ3v) is 3.48. The highest BCUT2D eigenvalue weighted by Gasteiger charge is 2.05. The van der Waals surface area contributed by atoms with Crippen molar-refractivity contribution in [1.29, 1.82) is 0 Å². The van der Waals surface area contributed by atoms with Gasteiger partial charge in [0.2, 0.25) is 0 Å². The van der Waals surface area contributed by atoms with Gasteiger partial charge in [-0.2, -0.15) is 5.10 Å². The fourth-order valence-corrected chi connectivity index (χ4v) is 2.32. The first-order valence-corrected chi connectivity index (χ1v) is 7.02. The van der Waals surface area contributed by atoms with E-state index in [0.717, 1.165) is 12.2 Å². The van der Waals surface area contributed by atoms with Crippen molar-refractivity contribution in [1.82, 2.24) is 9.78 Å².